The first-order chi connectivity index (χ1) is 11.5. The maximum Gasteiger partial charge on any atom is 0.271 e. The van der Waals surface area contributed by atoms with Crippen LogP contribution in [-0.2, 0) is 5.41 Å². The number of benzene rings is 1. The number of carbonyl (C=O) groups excluding carboxylic acids is 1. The molecule has 5 heteroatoms. The average molecular weight is 320 g/mol. The fourth-order valence-electron chi connectivity index (χ4n) is 3.07. The molecule has 0 radical (unpaired) electrons. The Labute approximate surface area is 141 Å². The standard InChI is InChI=1S/C19H20N4O/c1-19(2)15-6-4-5-7-16(15)23(3)17(19)10-13-21-22-18(24)14-8-11-20-12-9-14/h4-13H,1-3H3,(H,22,24)/b17-10-,21-13-. The Morgan fingerprint density at radius 2 is 1.92 bits per heavy atom. The van der Waals surface area contributed by atoms with Crippen molar-refractivity contribution in [3.05, 3.63) is 71.7 Å². The molecule has 1 aliphatic heterocycles. The van der Waals surface area contributed by atoms with Crippen LogP contribution in [-0.4, -0.2) is 24.2 Å². The third-order valence-electron chi connectivity index (χ3n) is 4.36. The minimum atomic E-state index is -0.255. The van der Waals surface area contributed by atoms with E-state index in [1.54, 1.807) is 30.7 Å². The van der Waals surface area contributed by atoms with E-state index in [0.29, 0.717) is 5.56 Å². The van der Waals surface area contributed by atoms with Crippen molar-refractivity contribution in [2.24, 2.45) is 5.10 Å². The first-order valence-electron chi connectivity index (χ1n) is 7.79. The molecule has 0 saturated carbocycles. The Morgan fingerprint density at radius 1 is 1.21 bits per heavy atom. The molecule has 24 heavy (non-hydrogen) atoms. The van der Waals surface area contributed by atoms with Gasteiger partial charge in [0.05, 0.1) is 0 Å². The third kappa shape index (κ3) is 2.80. The van der Waals surface area contributed by atoms with Crippen LogP contribution in [0.2, 0.25) is 0 Å². The Bertz CT molecular complexity index is 809. The van der Waals surface area contributed by atoms with Gasteiger partial charge in [-0.25, -0.2) is 5.43 Å². The van der Waals surface area contributed by atoms with Gasteiger partial charge in [-0.1, -0.05) is 32.0 Å². The molecule has 5 nitrogen and oxygen atoms in total. The largest absolute Gasteiger partial charge is 0.347 e. The van der Waals surface area contributed by atoms with Crippen molar-refractivity contribution in [1.82, 2.24) is 10.4 Å². The number of para-hydroxylation sites is 1. The number of hydrogen-bond acceptors (Lipinski definition) is 4. The summed E-state index contributed by atoms with van der Waals surface area (Å²) < 4.78 is 0. The maximum absolute atomic E-state index is 11.9. The number of hydrazone groups is 1. The Morgan fingerprint density at radius 3 is 2.62 bits per heavy atom. The topological polar surface area (TPSA) is 57.6 Å². The van der Waals surface area contributed by atoms with Gasteiger partial charge >= 0.3 is 0 Å². The number of pyridine rings is 1. The molecule has 0 saturated heterocycles. The summed E-state index contributed by atoms with van der Waals surface area (Å²) in [5.74, 6) is -0.255. The van der Waals surface area contributed by atoms with Crippen molar-refractivity contribution in [2.45, 2.75) is 19.3 Å². The smallest absolute Gasteiger partial charge is 0.271 e. The summed E-state index contributed by atoms with van der Waals surface area (Å²) in [5, 5.41) is 4.03. The molecule has 122 valence electrons. The van der Waals surface area contributed by atoms with Crippen molar-refractivity contribution < 1.29 is 4.79 Å². The molecule has 1 aliphatic rings. The van der Waals surface area contributed by atoms with Crippen LogP contribution in [0.5, 0.6) is 0 Å². The number of allylic oxidation sites excluding steroid dienone is 2. The molecular weight excluding hydrogens is 300 g/mol. The summed E-state index contributed by atoms with van der Waals surface area (Å²) in [4.78, 5) is 18.0. The van der Waals surface area contributed by atoms with Crippen molar-refractivity contribution in [2.75, 3.05) is 11.9 Å². The SMILES string of the molecule is CN1/C(=C\C=N/NC(=O)c2ccncc2)C(C)(C)c2ccccc21. The van der Waals surface area contributed by atoms with Gasteiger partial charge in [0.25, 0.3) is 5.91 Å². The fourth-order valence-corrected chi connectivity index (χ4v) is 3.07. The van der Waals surface area contributed by atoms with E-state index in [9.17, 15) is 4.79 Å². The maximum atomic E-state index is 11.9. The molecule has 0 fully saturated rings. The van der Waals surface area contributed by atoms with E-state index >= 15 is 0 Å². The van der Waals surface area contributed by atoms with Gasteiger partial charge < -0.3 is 4.90 Å². The third-order valence-corrected chi connectivity index (χ3v) is 4.36. The number of hydrogen-bond donors (Lipinski definition) is 1. The zero-order valence-corrected chi connectivity index (χ0v) is 14.0. The highest BCUT2D eigenvalue weighted by Crippen LogP contribution is 2.46. The second kappa shape index (κ2) is 6.28. The minimum Gasteiger partial charge on any atom is -0.347 e. The van der Waals surface area contributed by atoms with Crippen LogP contribution in [0.3, 0.4) is 0 Å². The Kier molecular flexibility index (Phi) is 4.16. The van der Waals surface area contributed by atoms with E-state index in [1.165, 1.54) is 11.3 Å². The number of likely N-dealkylation sites (N-methyl/N-ethyl adjacent to an activating group) is 1. The lowest BCUT2D eigenvalue weighted by Gasteiger charge is -2.23. The monoisotopic (exact) mass is 320 g/mol. The summed E-state index contributed by atoms with van der Waals surface area (Å²) in [5.41, 5.74) is 6.56. The van der Waals surface area contributed by atoms with Crippen LogP contribution in [0.15, 0.2) is 65.7 Å². The number of amides is 1. The fraction of sp³-hybridized carbons (Fsp3) is 0.211. The second-order valence-corrected chi connectivity index (χ2v) is 6.21. The lowest BCUT2D eigenvalue weighted by atomic mass is 9.84. The van der Waals surface area contributed by atoms with Gasteiger partial charge in [0.1, 0.15) is 0 Å². The van der Waals surface area contributed by atoms with Crippen LogP contribution in [0.4, 0.5) is 5.69 Å². The van der Waals surface area contributed by atoms with Gasteiger partial charge in [-0.15, -0.1) is 0 Å². The molecule has 1 aromatic carbocycles. The zero-order chi connectivity index (χ0) is 17.2. The van der Waals surface area contributed by atoms with Crippen LogP contribution in [0.1, 0.15) is 29.8 Å². The number of nitrogens with zero attached hydrogens (tertiary/aromatic N) is 3. The highest BCUT2D eigenvalue weighted by molar-refractivity contribution is 5.94. The summed E-state index contributed by atoms with van der Waals surface area (Å²) in [6.07, 6.45) is 6.72. The molecule has 0 unspecified atom stereocenters. The van der Waals surface area contributed by atoms with Crippen LogP contribution >= 0.6 is 0 Å². The summed E-state index contributed by atoms with van der Waals surface area (Å²) in [6, 6.07) is 11.6. The summed E-state index contributed by atoms with van der Waals surface area (Å²) in [7, 11) is 2.04. The van der Waals surface area contributed by atoms with Crippen LogP contribution in [0, 0.1) is 0 Å². The Hall–Kier alpha value is -2.95. The zero-order valence-electron chi connectivity index (χ0n) is 14.0. The molecule has 0 bridgehead atoms. The van der Waals surface area contributed by atoms with Gasteiger partial charge in [0, 0.05) is 48.0 Å². The average Bonchev–Trinajstić information content (AvgIpc) is 2.80. The quantitative estimate of drug-likeness (QED) is 0.698. The van der Waals surface area contributed by atoms with Crippen molar-refractivity contribution >= 4 is 17.8 Å². The number of anilines is 1. The molecule has 1 N–H and O–H groups in total. The number of fused-ring (bicyclic) bond motifs is 1. The Balaban J connectivity index is 1.74. The number of rotatable bonds is 3. The highest BCUT2D eigenvalue weighted by Gasteiger charge is 2.37. The van der Waals surface area contributed by atoms with E-state index in [4.69, 9.17) is 0 Å². The number of nitrogens with one attached hydrogen (secondary N) is 1. The van der Waals surface area contributed by atoms with Gasteiger partial charge in [-0.2, -0.15) is 5.10 Å². The predicted molar refractivity (Wildman–Crippen MR) is 96.1 cm³/mol. The van der Waals surface area contributed by atoms with E-state index in [1.807, 2.05) is 19.2 Å². The lowest BCUT2D eigenvalue weighted by molar-refractivity contribution is 0.0955. The molecule has 0 spiro atoms. The van der Waals surface area contributed by atoms with Crippen molar-refractivity contribution in [3.8, 4) is 0 Å². The molecule has 3 rings (SSSR count). The van der Waals surface area contributed by atoms with E-state index < -0.39 is 0 Å². The highest BCUT2D eigenvalue weighted by atomic mass is 16.2. The van der Waals surface area contributed by atoms with E-state index in [-0.39, 0.29) is 11.3 Å². The van der Waals surface area contributed by atoms with E-state index in [0.717, 1.165) is 5.70 Å². The summed E-state index contributed by atoms with van der Waals surface area (Å²) in [6.45, 7) is 4.37. The molecule has 2 aromatic rings. The lowest BCUT2D eigenvalue weighted by Crippen LogP contribution is -2.23. The second-order valence-electron chi connectivity index (χ2n) is 6.21. The summed E-state index contributed by atoms with van der Waals surface area (Å²) >= 11 is 0. The minimum absolute atomic E-state index is 0.105. The van der Waals surface area contributed by atoms with E-state index in [2.05, 4.69) is 52.5 Å². The number of carbonyl (C=O) groups is 1. The molecule has 2 heterocycles. The van der Waals surface area contributed by atoms with Crippen LogP contribution in [0.25, 0.3) is 0 Å². The molecule has 0 aliphatic carbocycles. The molecule has 1 aromatic heterocycles. The molecular formula is C19H20N4O. The van der Waals surface area contributed by atoms with Gasteiger partial charge in [-0.3, -0.25) is 9.78 Å². The van der Waals surface area contributed by atoms with Gasteiger partial charge in [-0.05, 0) is 29.8 Å². The van der Waals surface area contributed by atoms with Gasteiger partial charge in [0.2, 0.25) is 0 Å². The van der Waals surface area contributed by atoms with Crippen molar-refractivity contribution in [1.29, 1.82) is 0 Å². The molecule has 1 amide bonds. The van der Waals surface area contributed by atoms with Gasteiger partial charge in [0.15, 0.2) is 0 Å². The first-order valence-corrected chi connectivity index (χ1v) is 7.79. The molecule has 0 atom stereocenters. The first kappa shape index (κ1) is 15.9. The van der Waals surface area contributed by atoms with Crippen LogP contribution < -0.4 is 10.3 Å². The van der Waals surface area contributed by atoms with Crippen molar-refractivity contribution in [3.63, 3.8) is 0 Å². The normalized spacial score (nSPS) is 17.3. The number of aromatic nitrogens is 1. The predicted octanol–water partition coefficient (Wildman–Crippen LogP) is 3.11.